The van der Waals surface area contributed by atoms with E-state index in [9.17, 15) is 9.59 Å². The first-order chi connectivity index (χ1) is 15.0. The Morgan fingerprint density at radius 1 is 1.19 bits per heavy atom. The van der Waals surface area contributed by atoms with E-state index in [0.717, 1.165) is 16.9 Å². The van der Waals surface area contributed by atoms with Crippen molar-refractivity contribution in [3.8, 4) is 0 Å². The fraction of sp³-hybridized carbons (Fsp3) is 0.333. The molecule has 2 aromatic heterocycles. The van der Waals surface area contributed by atoms with Crippen LogP contribution >= 0.6 is 0 Å². The molecule has 0 atom stereocenters. The standard InChI is InChI=1S/C24H25N5O2/c1-14(2)13-29-24(31)18-9-4-3-8-17(18)21(28-29)23(30)25-16-10-11-19-20(12-16)27-22(26-19)15-6-5-7-15/h3-4,8-12,14-15H,5-7,13H2,1-2H3,(H,25,30)(H,26,27). The Morgan fingerprint density at radius 3 is 2.68 bits per heavy atom. The summed E-state index contributed by atoms with van der Waals surface area (Å²) >= 11 is 0. The highest BCUT2D eigenvalue weighted by molar-refractivity contribution is 6.11. The van der Waals surface area contributed by atoms with Gasteiger partial charge < -0.3 is 10.3 Å². The van der Waals surface area contributed by atoms with Gasteiger partial charge in [0.15, 0.2) is 5.69 Å². The van der Waals surface area contributed by atoms with Gasteiger partial charge in [0.2, 0.25) is 0 Å². The zero-order valence-corrected chi connectivity index (χ0v) is 17.7. The first-order valence-corrected chi connectivity index (χ1v) is 10.8. The van der Waals surface area contributed by atoms with Crippen molar-refractivity contribution in [2.45, 2.75) is 45.6 Å². The number of imidazole rings is 1. The second-order valence-electron chi connectivity index (χ2n) is 8.71. The molecular weight excluding hydrogens is 390 g/mol. The lowest BCUT2D eigenvalue weighted by molar-refractivity contribution is 0.102. The molecule has 158 valence electrons. The van der Waals surface area contributed by atoms with Gasteiger partial charge in [0, 0.05) is 23.5 Å². The number of H-pyrrole nitrogens is 1. The van der Waals surface area contributed by atoms with E-state index in [1.165, 1.54) is 23.9 Å². The Hall–Kier alpha value is -3.48. The molecule has 0 radical (unpaired) electrons. The third kappa shape index (κ3) is 3.60. The van der Waals surface area contributed by atoms with Crippen LogP contribution < -0.4 is 10.9 Å². The van der Waals surface area contributed by atoms with E-state index in [2.05, 4.69) is 20.4 Å². The van der Waals surface area contributed by atoms with Gasteiger partial charge in [-0.05, 0) is 43.0 Å². The highest BCUT2D eigenvalue weighted by Gasteiger charge is 2.23. The summed E-state index contributed by atoms with van der Waals surface area (Å²) in [5.41, 5.74) is 2.53. The second-order valence-corrected chi connectivity index (χ2v) is 8.71. The van der Waals surface area contributed by atoms with Crippen LogP contribution in [0.5, 0.6) is 0 Å². The number of fused-ring (bicyclic) bond motifs is 2. The molecule has 7 heteroatoms. The molecule has 1 aliphatic carbocycles. The lowest BCUT2D eigenvalue weighted by atomic mass is 9.85. The molecule has 1 aliphatic rings. The Morgan fingerprint density at radius 2 is 1.97 bits per heavy atom. The number of aromatic amines is 1. The molecule has 0 bridgehead atoms. The van der Waals surface area contributed by atoms with Gasteiger partial charge in [-0.25, -0.2) is 9.67 Å². The quantitative estimate of drug-likeness (QED) is 0.504. The molecule has 1 fully saturated rings. The van der Waals surface area contributed by atoms with Gasteiger partial charge >= 0.3 is 0 Å². The molecule has 2 heterocycles. The number of benzene rings is 2. The summed E-state index contributed by atoms with van der Waals surface area (Å²) in [6.07, 6.45) is 3.60. The maximum absolute atomic E-state index is 13.2. The molecule has 31 heavy (non-hydrogen) atoms. The minimum atomic E-state index is -0.341. The molecule has 5 rings (SSSR count). The van der Waals surface area contributed by atoms with Gasteiger partial charge in [-0.15, -0.1) is 0 Å². The maximum Gasteiger partial charge on any atom is 0.276 e. The van der Waals surface area contributed by atoms with Crippen molar-refractivity contribution in [1.29, 1.82) is 0 Å². The van der Waals surface area contributed by atoms with Crippen LogP contribution in [0.15, 0.2) is 47.3 Å². The van der Waals surface area contributed by atoms with Crippen molar-refractivity contribution >= 4 is 33.4 Å². The van der Waals surface area contributed by atoms with Gasteiger partial charge in [-0.1, -0.05) is 38.5 Å². The molecule has 1 saturated carbocycles. The normalized spacial score (nSPS) is 14.3. The zero-order valence-electron chi connectivity index (χ0n) is 17.7. The van der Waals surface area contributed by atoms with Crippen molar-refractivity contribution in [1.82, 2.24) is 19.7 Å². The van der Waals surface area contributed by atoms with E-state index >= 15 is 0 Å². The van der Waals surface area contributed by atoms with Gasteiger partial charge in [0.1, 0.15) is 5.82 Å². The van der Waals surface area contributed by atoms with Crippen molar-refractivity contribution in [2.24, 2.45) is 5.92 Å². The van der Waals surface area contributed by atoms with Crippen LogP contribution in [0.1, 0.15) is 55.3 Å². The Kier molecular flexibility index (Phi) is 4.81. The van der Waals surface area contributed by atoms with Gasteiger partial charge in [0.25, 0.3) is 11.5 Å². The van der Waals surface area contributed by atoms with Crippen molar-refractivity contribution in [2.75, 3.05) is 5.32 Å². The highest BCUT2D eigenvalue weighted by atomic mass is 16.2. The summed E-state index contributed by atoms with van der Waals surface area (Å²) in [6, 6.07) is 12.8. The Labute approximate surface area is 179 Å². The van der Waals surface area contributed by atoms with E-state index in [-0.39, 0.29) is 23.1 Å². The SMILES string of the molecule is CC(C)Cn1nc(C(=O)Nc2ccc3nc(C4CCC4)[nH]c3c2)c2ccccc2c1=O. The summed E-state index contributed by atoms with van der Waals surface area (Å²) in [7, 11) is 0. The monoisotopic (exact) mass is 415 g/mol. The van der Waals surface area contributed by atoms with Crippen molar-refractivity contribution in [3.63, 3.8) is 0 Å². The molecule has 4 aromatic rings. The third-order valence-electron chi connectivity index (χ3n) is 5.87. The summed E-state index contributed by atoms with van der Waals surface area (Å²) in [5, 5.41) is 8.41. The van der Waals surface area contributed by atoms with Crippen molar-refractivity contribution < 1.29 is 4.79 Å². The van der Waals surface area contributed by atoms with E-state index in [4.69, 9.17) is 0 Å². The Bertz CT molecular complexity index is 1350. The Balaban J connectivity index is 1.49. The predicted octanol–water partition coefficient (Wildman–Crippen LogP) is 4.45. The fourth-order valence-corrected chi connectivity index (χ4v) is 4.04. The minimum absolute atomic E-state index is 0.178. The number of aromatic nitrogens is 4. The lowest BCUT2D eigenvalue weighted by Gasteiger charge is -2.22. The van der Waals surface area contributed by atoms with Crippen LogP contribution in [0.3, 0.4) is 0 Å². The maximum atomic E-state index is 13.2. The molecule has 2 aromatic carbocycles. The number of carbonyl (C=O) groups excluding carboxylic acids is 1. The van der Waals surface area contributed by atoms with E-state index in [1.807, 2.05) is 38.1 Å². The van der Waals surface area contributed by atoms with E-state index in [1.54, 1.807) is 18.2 Å². The number of carbonyl (C=O) groups is 1. The summed E-state index contributed by atoms with van der Waals surface area (Å²) < 4.78 is 1.39. The molecular formula is C24H25N5O2. The number of nitrogens with zero attached hydrogens (tertiary/aromatic N) is 3. The highest BCUT2D eigenvalue weighted by Crippen LogP contribution is 2.35. The largest absolute Gasteiger partial charge is 0.342 e. The average molecular weight is 415 g/mol. The topological polar surface area (TPSA) is 92.7 Å². The number of anilines is 1. The minimum Gasteiger partial charge on any atom is -0.342 e. The molecule has 0 spiro atoms. The molecule has 7 nitrogen and oxygen atoms in total. The average Bonchev–Trinajstić information content (AvgIpc) is 3.10. The predicted molar refractivity (Wildman–Crippen MR) is 121 cm³/mol. The molecule has 0 aliphatic heterocycles. The van der Waals surface area contributed by atoms with Crippen LogP contribution in [-0.4, -0.2) is 25.7 Å². The van der Waals surface area contributed by atoms with Crippen LogP contribution in [0, 0.1) is 5.92 Å². The van der Waals surface area contributed by atoms with Crippen LogP contribution in [0.2, 0.25) is 0 Å². The van der Waals surface area contributed by atoms with Gasteiger partial charge in [-0.3, -0.25) is 9.59 Å². The smallest absolute Gasteiger partial charge is 0.276 e. The molecule has 0 unspecified atom stereocenters. The summed E-state index contributed by atoms with van der Waals surface area (Å²) in [5.74, 6) is 1.43. The van der Waals surface area contributed by atoms with E-state index in [0.29, 0.717) is 28.9 Å². The number of hydrogen-bond donors (Lipinski definition) is 2. The van der Waals surface area contributed by atoms with Gasteiger partial charge in [-0.2, -0.15) is 5.10 Å². The number of hydrogen-bond acceptors (Lipinski definition) is 4. The van der Waals surface area contributed by atoms with Crippen LogP contribution in [0.4, 0.5) is 5.69 Å². The van der Waals surface area contributed by atoms with E-state index < -0.39 is 0 Å². The van der Waals surface area contributed by atoms with Crippen LogP contribution in [-0.2, 0) is 6.54 Å². The molecule has 2 N–H and O–H groups in total. The first-order valence-electron chi connectivity index (χ1n) is 10.8. The molecule has 1 amide bonds. The zero-order chi connectivity index (χ0) is 21.5. The summed E-state index contributed by atoms with van der Waals surface area (Å²) in [6.45, 7) is 4.48. The number of nitrogens with one attached hydrogen (secondary N) is 2. The first kappa shape index (κ1) is 19.5. The van der Waals surface area contributed by atoms with Crippen molar-refractivity contribution in [3.05, 3.63) is 64.3 Å². The lowest BCUT2D eigenvalue weighted by Crippen LogP contribution is -2.29. The number of rotatable bonds is 5. The van der Waals surface area contributed by atoms with Crippen LogP contribution in [0.25, 0.3) is 21.8 Å². The molecule has 0 saturated heterocycles. The summed E-state index contributed by atoms with van der Waals surface area (Å²) in [4.78, 5) is 34.0. The second kappa shape index (κ2) is 7.65. The number of amides is 1. The van der Waals surface area contributed by atoms with Gasteiger partial charge in [0.05, 0.1) is 16.4 Å². The third-order valence-corrected chi connectivity index (χ3v) is 5.87. The fourth-order valence-electron chi connectivity index (χ4n) is 4.04.